The van der Waals surface area contributed by atoms with Crippen molar-refractivity contribution in [1.82, 2.24) is 0 Å². The normalized spacial score (nSPS) is 49.4. The second kappa shape index (κ2) is 4.30. The van der Waals surface area contributed by atoms with Gasteiger partial charge in [-0.1, -0.05) is 6.08 Å². The molecule has 1 saturated heterocycles. The fourth-order valence-corrected chi connectivity index (χ4v) is 4.64. The maximum atomic E-state index is 12.1. The average Bonchev–Trinajstić information content (AvgIpc) is 2.71. The summed E-state index contributed by atoms with van der Waals surface area (Å²) < 4.78 is 5.14. The molecule has 7 heteroatoms. The summed E-state index contributed by atoms with van der Waals surface area (Å²) in [6, 6.07) is 0. The summed E-state index contributed by atoms with van der Waals surface area (Å²) in [5, 5.41) is 52.0. The highest BCUT2D eigenvalue weighted by atomic mass is 16.6. The fraction of sp³-hybridized carbons (Fsp3) is 0.800. The van der Waals surface area contributed by atoms with Crippen LogP contribution >= 0.6 is 0 Å². The molecule has 2 fully saturated rings. The summed E-state index contributed by atoms with van der Waals surface area (Å²) in [6.45, 7) is 1.71. The van der Waals surface area contributed by atoms with Crippen molar-refractivity contribution in [2.75, 3.05) is 13.2 Å². The van der Waals surface area contributed by atoms with Gasteiger partial charge in [0.15, 0.2) is 6.10 Å². The molecule has 2 bridgehead atoms. The smallest absolute Gasteiger partial charge is 0.336 e. The lowest BCUT2D eigenvalue weighted by molar-refractivity contribution is -0.268. The van der Waals surface area contributed by atoms with Gasteiger partial charge in [0.2, 0.25) is 0 Å². The predicted molar refractivity (Wildman–Crippen MR) is 73.5 cm³/mol. The van der Waals surface area contributed by atoms with Crippen molar-refractivity contribution in [2.24, 2.45) is 10.8 Å². The van der Waals surface area contributed by atoms with E-state index in [9.17, 15) is 30.3 Å². The van der Waals surface area contributed by atoms with Crippen molar-refractivity contribution in [3.05, 3.63) is 11.6 Å². The first-order valence-electron chi connectivity index (χ1n) is 7.37. The van der Waals surface area contributed by atoms with Gasteiger partial charge in [-0.25, -0.2) is 4.79 Å². The van der Waals surface area contributed by atoms with Gasteiger partial charge < -0.3 is 30.3 Å². The lowest BCUT2D eigenvalue weighted by Crippen LogP contribution is -2.74. The molecule has 1 aliphatic heterocycles. The first-order chi connectivity index (χ1) is 10.1. The van der Waals surface area contributed by atoms with Crippen LogP contribution in [-0.4, -0.2) is 68.1 Å². The van der Waals surface area contributed by atoms with Gasteiger partial charge in [0.05, 0.1) is 29.6 Å². The highest BCUT2D eigenvalue weighted by Crippen LogP contribution is 2.66. The molecule has 3 aliphatic rings. The SMILES string of the molecule is C[C@]1(O)CC=C2C13C[C@@H](OC(=O)[C@@H]3O)[C@](C)(O)C2(CO)CO. The number of aliphatic hydroxyl groups is 5. The molecule has 1 spiro atoms. The van der Waals surface area contributed by atoms with Gasteiger partial charge in [-0.05, 0) is 25.8 Å². The van der Waals surface area contributed by atoms with E-state index >= 15 is 0 Å². The van der Waals surface area contributed by atoms with Crippen LogP contribution in [0.25, 0.3) is 0 Å². The Morgan fingerprint density at radius 3 is 2.41 bits per heavy atom. The van der Waals surface area contributed by atoms with Crippen LogP contribution in [0.5, 0.6) is 0 Å². The second-order valence-electron chi connectivity index (χ2n) is 7.15. The van der Waals surface area contributed by atoms with Crippen LogP contribution in [0.3, 0.4) is 0 Å². The number of carbonyl (C=O) groups excluding carboxylic acids is 1. The Labute approximate surface area is 127 Å². The Hall–Kier alpha value is -0.990. The number of esters is 1. The summed E-state index contributed by atoms with van der Waals surface area (Å²) in [7, 11) is 0. The average molecular weight is 314 g/mol. The maximum Gasteiger partial charge on any atom is 0.336 e. The molecule has 0 amide bonds. The van der Waals surface area contributed by atoms with E-state index in [4.69, 9.17) is 4.74 Å². The zero-order chi connectivity index (χ0) is 16.6. The number of hydrogen-bond acceptors (Lipinski definition) is 7. The molecule has 0 aromatic carbocycles. The van der Waals surface area contributed by atoms with Crippen LogP contribution in [0.4, 0.5) is 0 Å². The lowest BCUT2D eigenvalue weighted by Gasteiger charge is -2.63. The molecule has 5 atom stereocenters. The van der Waals surface area contributed by atoms with Crippen molar-refractivity contribution in [3.63, 3.8) is 0 Å². The Morgan fingerprint density at radius 1 is 1.27 bits per heavy atom. The van der Waals surface area contributed by atoms with Crippen LogP contribution in [0, 0.1) is 10.8 Å². The van der Waals surface area contributed by atoms with E-state index in [-0.39, 0.29) is 12.8 Å². The van der Waals surface area contributed by atoms with Crippen LogP contribution in [0.1, 0.15) is 26.7 Å². The first kappa shape index (κ1) is 15.9. The van der Waals surface area contributed by atoms with E-state index in [1.165, 1.54) is 13.8 Å². The number of aliphatic hydroxyl groups excluding tert-OH is 3. The largest absolute Gasteiger partial charge is 0.457 e. The topological polar surface area (TPSA) is 127 Å². The van der Waals surface area contributed by atoms with Crippen molar-refractivity contribution in [1.29, 1.82) is 0 Å². The van der Waals surface area contributed by atoms with Gasteiger partial charge in [0.25, 0.3) is 0 Å². The molecule has 0 aromatic rings. The Bertz CT molecular complexity index is 546. The summed E-state index contributed by atoms with van der Waals surface area (Å²) in [4.78, 5) is 12.1. The van der Waals surface area contributed by atoms with Crippen LogP contribution in [0.15, 0.2) is 11.6 Å². The Morgan fingerprint density at radius 2 is 1.86 bits per heavy atom. The molecule has 5 N–H and O–H groups in total. The monoisotopic (exact) mass is 314 g/mol. The molecule has 7 nitrogen and oxygen atoms in total. The maximum absolute atomic E-state index is 12.1. The minimum atomic E-state index is -1.72. The molecule has 124 valence electrons. The summed E-state index contributed by atoms with van der Waals surface area (Å²) >= 11 is 0. The summed E-state index contributed by atoms with van der Waals surface area (Å²) in [5.74, 6) is -0.908. The zero-order valence-corrected chi connectivity index (χ0v) is 12.6. The van der Waals surface area contributed by atoms with Crippen molar-refractivity contribution >= 4 is 5.97 Å². The fourth-order valence-electron chi connectivity index (χ4n) is 4.64. The van der Waals surface area contributed by atoms with Crippen molar-refractivity contribution < 1.29 is 35.1 Å². The van der Waals surface area contributed by atoms with E-state index in [0.29, 0.717) is 5.57 Å². The van der Waals surface area contributed by atoms with Crippen LogP contribution < -0.4 is 0 Å². The molecule has 1 unspecified atom stereocenters. The number of ether oxygens (including phenoxy) is 1. The van der Waals surface area contributed by atoms with Gasteiger partial charge in [-0.2, -0.15) is 0 Å². The van der Waals surface area contributed by atoms with E-state index in [1.807, 2.05) is 0 Å². The molecule has 3 rings (SSSR count). The van der Waals surface area contributed by atoms with Gasteiger partial charge in [-0.3, -0.25) is 0 Å². The third kappa shape index (κ3) is 1.42. The first-order valence-corrected chi connectivity index (χ1v) is 7.37. The highest BCUT2D eigenvalue weighted by molar-refractivity contribution is 5.79. The summed E-state index contributed by atoms with van der Waals surface area (Å²) in [6.07, 6.45) is -0.852. The molecule has 0 aromatic heterocycles. The van der Waals surface area contributed by atoms with Crippen molar-refractivity contribution in [2.45, 2.75) is 50.1 Å². The molecular weight excluding hydrogens is 292 g/mol. The quantitative estimate of drug-likeness (QED) is 0.309. The predicted octanol–water partition coefficient (Wildman–Crippen LogP) is -1.53. The van der Waals surface area contributed by atoms with Gasteiger partial charge in [0.1, 0.15) is 11.7 Å². The highest BCUT2D eigenvalue weighted by Gasteiger charge is 2.75. The number of carbonyl (C=O) groups is 1. The number of hydrogen-bond donors (Lipinski definition) is 5. The molecule has 22 heavy (non-hydrogen) atoms. The number of fused-ring (bicyclic) bond motifs is 1. The molecule has 1 heterocycles. The van der Waals surface area contributed by atoms with Crippen molar-refractivity contribution in [3.8, 4) is 0 Å². The third-order valence-corrected chi connectivity index (χ3v) is 6.25. The summed E-state index contributed by atoms with van der Waals surface area (Å²) in [5.41, 5.74) is -5.70. The second-order valence-corrected chi connectivity index (χ2v) is 7.15. The van der Waals surface area contributed by atoms with Crippen LogP contribution in [0.2, 0.25) is 0 Å². The Kier molecular flexibility index (Phi) is 3.11. The van der Waals surface area contributed by atoms with Gasteiger partial charge >= 0.3 is 5.97 Å². The van der Waals surface area contributed by atoms with E-state index in [1.54, 1.807) is 6.08 Å². The van der Waals surface area contributed by atoms with E-state index in [2.05, 4.69) is 0 Å². The van der Waals surface area contributed by atoms with Crippen LogP contribution in [-0.2, 0) is 9.53 Å². The van der Waals surface area contributed by atoms with E-state index in [0.717, 1.165) is 0 Å². The Balaban J connectivity index is 2.30. The molecule has 1 saturated carbocycles. The van der Waals surface area contributed by atoms with Gasteiger partial charge in [0, 0.05) is 6.42 Å². The van der Waals surface area contributed by atoms with E-state index < -0.39 is 53.4 Å². The molecule has 2 aliphatic carbocycles. The lowest BCUT2D eigenvalue weighted by atomic mass is 9.47. The zero-order valence-electron chi connectivity index (χ0n) is 12.6. The molecular formula is C15H22O7. The van der Waals surface area contributed by atoms with Gasteiger partial charge in [-0.15, -0.1) is 0 Å². The standard InChI is InChI=1S/C15H22O7/c1-12(20)4-3-8-14(6-16,7-17)13(2,21)9-5-15(8,12)10(18)11(19)22-9/h3,9-10,16-18,20-21H,4-7H2,1-2H3/t9-,10+,12+,13+,15?/m1/s1. The minimum absolute atomic E-state index is 0.0352. The number of rotatable bonds is 2. The third-order valence-electron chi connectivity index (χ3n) is 6.25. The minimum Gasteiger partial charge on any atom is -0.457 e. The molecule has 0 radical (unpaired) electrons.